The van der Waals surface area contributed by atoms with E-state index in [0.717, 1.165) is 18.6 Å². The Kier molecular flexibility index (Phi) is 2.67. The van der Waals surface area contributed by atoms with Gasteiger partial charge in [-0.3, -0.25) is 4.79 Å². The van der Waals surface area contributed by atoms with E-state index in [1.54, 1.807) is 19.2 Å². The van der Waals surface area contributed by atoms with Gasteiger partial charge in [-0.1, -0.05) is 18.2 Å². The van der Waals surface area contributed by atoms with Crippen molar-refractivity contribution in [2.75, 3.05) is 7.11 Å². The lowest BCUT2D eigenvalue weighted by atomic mass is 10.1. The SMILES string of the molecule is COc1cccc2c1CCC2n1ccccc1=O. The average molecular weight is 241 g/mol. The number of nitrogens with zero attached hydrogens (tertiary/aromatic N) is 1. The molecule has 1 aliphatic carbocycles. The summed E-state index contributed by atoms with van der Waals surface area (Å²) in [6, 6.07) is 11.5. The summed E-state index contributed by atoms with van der Waals surface area (Å²) in [5.74, 6) is 0.930. The van der Waals surface area contributed by atoms with Gasteiger partial charge < -0.3 is 9.30 Å². The standard InChI is InChI=1S/C15H15NO2/c1-18-14-6-4-5-11-12(14)8-9-13(11)16-10-3-2-7-15(16)17/h2-7,10,13H,8-9H2,1H3. The maximum absolute atomic E-state index is 11.9. The number of rotatable bonds is 2. The largest absolute Gasteiger partial charge is 0.496 e. The molecular weight excluding hydrogens is 226 g/mol. The lowest BCUT2D eigenvalue weighted by Crippen LogP contribution is -2.22. The lowest BCUT2D eigenvalue weighted by Gasteiger charge is -2.15. The number of hydrogen-bond acceptors (Lipinski definition) is 2. The van der Waals surface area contributed by atoms with Gasteiger partial charge in [0.2, 0.25) is 0 Å². The van der Waals surface area contributed by atoms with Gasteiger partial charge in [-0.2, -0.15) is 0 Å². The molecule has 0 amide bonds. The second kappa shape index (κ2) is 4.33. The molecule has 0 N–H and O–H groups in total. The van der Waals surface area contributed by atoms with Gasteiger partial charge in [-0.15, -0.1) is 0 Å². The molecule has 1 unspecified atom stereocenters. The highest BCUT2D eigenvalue weighted by Gasteiger charge is 2.26. The number of hydrogen-bond donors (Lipinski definition) is 0. The summed E-state index contributed by atoms with van der Waals surface area (Å²) in [6.07, 6.45) is 3.78. The third-order valence-electron chi connectivity index (χ3n) is 3.60. The fourth-order valence-corrected chi connectivity index (χ4v) is 2.78. The van der Waals surface area contributed by atoms with Crippen LogP contribution in [0.15, 0.2) is 47.4 Å². The highest BCUT2D eigenvalue weighted by Crippen LogP contribution is 2.38. The Bertz CT molecular complexity index is 630. The number of ether oxygens (including phenoxy) is 1. The van der Waals surface area contributed by atoms with Gasteiger partial charge in [-0.25, -0.2) is 0 Å². The molecular formula is C15H15NO2. The Hall–Kier alpha value is -2.03. The molecule has 0 fully saturated rings. The molecule has 0 saturated carbocycles. The second-order valence-electron chi connectivity index (χ2n) is 4.53. The first-order valence-corrected chi connectivity index (χ1v) is 6.14. The molecule has 18 heavy (non-hydrogen) atoms. The van der Waals surface area contributed by atoms with Crippen LogP contribution >= 0.6 is 0 Å². The number of benzene rings is 1. The molecule has 3 heteroatoms. The molecule has 3 rings (SSSR count). The van der Waals surface area contributed by atoms with Gasteiger partial charge in [0.1, 0.15) is 5.75 Å². The molecule has 0 saturated heterocycles. The number of fused-ring (bicyclic) bond motifs is 1. The van der Waals surface area contributed by atoms with E-state index in [1.165, 1.54) is 11.1 Å². The van der Waals surface area contributed by atoms with Crippen molar-refractivity contribution in [2.24, 2.45) is 0 Å². The summed E-state index contributed by atoms with van der Waals surface area (Å²) in [5.41, 5.74) is 2.50. The molecule has 1 aromatic carbocycles. The zero-order valence-corrected chi connectivity index (χ0v) is 10.3. The minimum Gasteiger partial charge on any atom is -0.496 e. The van der Waals surface area contributed by atoms with Crippen molar-refractivity contribution in [3.05, 3.63) is 64.1 Å². The summed E-state index contributed by atoms with van der Waals surface area (Å²) in [5, 5.41) is 0. The summed E-state index contributed by atoms with van der Waals surface area (Å²) in [7, 11) is 1.69. The minimum absolute atomic E-state index is 0.0539. The molecule has 1 aromatic heterocycles. The molecule has 3 nitrogen and oxygen atoms in total. The summed E-state index contributed by atoms with van der Waals surface area (Å²) >= 11 is 0. The average Bonchev–Trinajstić information content (AvgIpc) is 2.83. The molecule has 1 aliphatic rings. The molecule has 92 valence electrons. The number of methoxy groups -OCH3 is 1. The summed E-state index contributed by atoms with van der Waals surface area (Å²) < 4.78 is 7.19. The van der Waals surface area contributed by atoms with Crippen LogP contribution in [-0.2, 0) is 6.42 Å². The van der Waals surface area contributed by atoms with Gasteiger partial charge in [0.25, 0.3) is 5.56 Å². The van der Waals surface area contributed by atoms with Crippen molar-refractivity contribution >= 4 is 0 Å². The third kappa shape index (κ3) is 1.63. The van der Waals surface area contributed by atoms with Gasteiger partial charge in [0.05, 0.1) is 13.2 Å². The van der Waals surface area contributed by atoms with E-state index in [2.05, 4.69) is 6.07 Å². The normalized spacial score (nSPS) is 17.5. The van der Waals surface area contributed by atoms with Crippen molar-refractivity contribution in [1.29, 1.82) is 0 Å². The third-order valence-corrected chi connectivity index (χ3v) is 3.60. The summed E-state index contributed by atoms with van der Waals surface area (Å²) in [6.45, 7) is 0. The van der Waals surface area contributed by atoms with Crippen molar-refractivity contribution < 1.29 is 4.74 Å². The van der Waals surface area contributed by atoms with Crippen LogP contribution in [0, 0.1) is 0 Å². The maximum atomic E-state index is 11.9. The van der Waals surface area contributed by atoms with Gasteiger partial charge >= 0.3 is 0 Å². The van der Waals surface area contributed by atoms with Crippen LogP contribution in [0.4, 0.5) is 0 Å². The Labute approximate surface area is 106 Å². The van der Waals surface area contributed by atoms with Gasteiger partial charge in [0, 0.05) is 12.3 Å². The molecule has 1 heterocycles. The Morgan fingerprint density at radius 2 is 2.11 bits per heavy atom. The molecule has 0 radical (unpaired) electrons. The highest BCUT2D eigenvalue weighted by atomic mass is 16.5. The zero-order chi connectivity index (χ0) is 12.5. The second-order valence-corrected chi connectivity index (χ2v) is 4.53. The van der Waals surface area contributed by atoms with E-state index in [1.807, 2.05) is 29.0 Å². The van der Waals surface area contributed by atoms with Crippen LogP contribution in [0.3, 0.4) is 0 Å². The molecule has 0 aliphatic heterocycles. The molecule has 1 atom stereocenters. The topological polar surface area (TPSA) is 31.2 Å². The first-order chi connectivity index (χ1) is 8.81. The predicted molar refractivity (Wildman–Crippen MR) is 70.2 cm³/mol. The van der Waals surface area contributed by atoms with Crippen LogP contribution in [-0.4, -0.2) is 11.7 Å². The van der Waals surface area contributed by atoms with Crippen LogP contribution in [0.2, 0.25) is 0 Å². The van der Waals surface area contributed by atoms with Crippen molar-refractivity contribution in [1.82, 2.24) is 4.57 Å². The van der Waals surface area contributed by atoms with E-state index in [9.17, 15) is 4.79 Å². The van der Waals surface area contributed by atoms with E-state index in [0.29, 0.717) is 0 Å². The van der Waals surface area contributed by atoms with Crippen LogP contribution in [0.5, 0.6) is 5.75 Å². The fourth-order valence-electron chi connectivity index (χ4n) is 2.78. The minimum atomic E-state index is 0.0539. The summed E-state index contributed by atoms with van der Waals surface area (Å²) in [4.78, 5) is 11.9. The quantitative estimate of drug-likeness (QED) is 0.808. The first-order valence-electron chi connectivity index (χ1n) is 6.14. The number of pyridine rings is 1. The maximum Gasteiger partial charge on any atom is 0.251 e. The van der Waals surface area contributed by atoms with Crippen molar-refractivity contribution in [3.8, 4) is 5.75 Å². The monoisotopic (exact) mass is 241 g/mol. The Morgan fingerprint density at radius 3 is 2.89 bits per heavy atom. The van der Waals surface area contributed by atoms with Gasteiger partial charge in [-0.05, 0) is 36.1 Å². The molecule has 0 spiro atoms. The van der Waals surface area contributed by atoms with Crippen molar-refractivity contribution in [3.63, 3.8) is 0 Å². The zero-order valence-electron chi connectivity index (χ0n) is 10.3. The van der Waals surface area contributed by atoms with Crippen LogP contribution < -0.4 is 10.3 Å². The fraction of sp³-hybridized carbons (Fsp3) is 0.267. The molecule has 0 bridgehead atoms. The van der Waals surface area contributed by atoms with Gasteiger partial charge in [0.15, 0.2) is 0 Å². The van der Waals surface area contributed by atoms with Crippen molar-refractivity contribution in [2.45, 2.75) is 18.9 Å². The Balaban J connectivity index is 2.11. The predicted octanol–water partition coefficient (Wildman–Crippen LogP) is 2.39. The molecule has 2 aromatic rings. The van der Waals surface area contributed by atoms with E-state index in [4.69, 9.17) is 4.74 Å². The first kappa shape index (κ1) is 11.1. The smallest absolute Gasteiger partial charge is 0.251 e. The van der Waals surface area contributed by atoms with E-state index >= 15 is 0 Å². The number of aromatic nitrogens is 1. The van der Waals surface area contributed by atoms with Crippen LogP contribution in [0.1, 0.15) is 23.6 Å². The van der Waals surface area contributed by atoms with Crippen LogP contribution in [0.25, 0.3) is 0 Å². The Morgan fingerprint density at radius 1 is 1.22 bits per heavy atom. The lowest BCUT2D eigenvalue weighted by molar-refractivity contribution is 0.410. The van der Waals surface area contributed by atoms with E-state index in [-0.39, 0.29) is 11.6 Å². The van der Waals surface area contributed by atoms with E-state index < -0.39 is 0 Å². The highest BCUT2D eigenvalue weighted by molar-refractivity contribution is 5.45.